The Labute approximate surface area is 166 Å². The number of benzene rings is 2. The van der Waals surface area contributed by atoms with Crippen molar-refractivity contribution in [3.63, 3.8) is 0 Å². The van der Waals surface area contributed by atoms with Crippen molar-refractivity contribution in [3.8, 4) is 0 Å². The topological polar surface area (TPSA) is 128 Å². The minimum atomic E-state index is -3.64. The van der Waals surface area contributed by atoms with Crippen LogP contribution in [0.3, 0.4) is 0 Å². The Morgan fingerprint density at radius 1 is 1.17 bits per heavy atom. The number of nitrogens with one attached hydrogen (secondary N) is 1. The number of rotatable bonds is 6. The fraction of sp³-hybridized carbons (Fsp3) is 0.158. The molecule has 0 aromatic heterocycles. The average Bonchev–Trinajstić information content (AvgIpc) is 3.01. The van der Waals surface area contributed by atoms with Crippen LogP contribution in [0.5, 0.6) is 0 Å². The number of cyclic esters (lactones) is 1. The van der Waals surface area contributed by atoms with Gasteiger partial charge >= 0.3 is 5.97 Å². The lowest BCUT2D eigenvalue weighted by molar-refractivity contribution is -0.384. The molecule has 2 aromatic carbocycles. The molecule has 3 rings (SSSR count). The van der Waals surface area contributed by atoms with Gasteiger partial charge in [0.1, 0.15) is 0 Å². The van der Waals surface area contributed by atoms with Crippen molar-refractivity contribution in [2.75, 3.05) is 0 Å². The van der Waals surface area contributed by atoms with Crippen LogP contribution in [-0.4, -0.2) is 31.2 Å². The number of sulfonamides is 1. The molecule has 0 atom stereocenters. The zero-order chi connectivity index (χ0) is 21.2. The van der Waals surface area contributed by atoms with E-state index in [1.165, 1.54) is 48.5 Å². The van der Waals surface area contributed by atoms with Gasteiger partial charge in [-0.3, -0.25) is 10.1 Å². The fourth-order valence-electron chi connectivity index (χ4n) is 2.57. The molecule has 0 saturated heterocycles. The van der Waals surface area contributed by atoms with Gasteiger partial charge in [0.05, 0.1) is 9.82 Å². The standard InChI is InChI=1S/C19H17N3O6S/c1-12(2)21-29(26,27)16-8-6-14(7-9-16)18-20-17(19(23)28-18)11-13-4-3-5-15(10-13)22(24)25/h3-12,21H,1-2H3/b17-11-. The lowest BCUT2D eigenvalue weighted by atomic mass is 10.1. The number of nitro benzene ring substituents is 1. The van der Waals surface area contributed by atoms with Gasteiger partial charge in [-0.1, -0.05) is 12.1 Å². The third-order valence-corrected chi connectivity index (χ3v) is 5.48. The highest BCUT2D eigenvalue weighted by atomic mass is 32.2. The number of ether oxygens (including phenoxy) is 1. The number of esters is 1. The van der Waals surface area contributed by atoms with E-state index in [1.807, 2.05) is 0 Å². The summed E-state index contributed by atoms with van der Waals surface area (Å²) in [5.41, 5.74) is 0.724. The molecule has 0 saturated carbocycles. The molecule has 10 heteroatoms. The minimum Gasteiger partial charge on any atom is -0.402 e. The molecule has 1 heterocycles. The molecule has 1 aliphatic heterocycles. The number of hydrogen-bond acceptors (Lipinski definition) is 7. The summed E-state index contributed by atoms with van der Waals surface area (Å²) in [4.78, 5) is 26.6. The van der Waals surface area contributed by atoms with E-state index in [2.05, 4.69) is 9.71 Å². The smallest absolute Gasteiger partial charge is 0.363 e. The summed E-state index contributed by atoms with van der Waals surface area (Å²) >= 11 is 0. The first kappa shape index (κ1) is 20.4. The van der Waals surface area contributed by atoms with Crippen LogP contribution in [0.1, 0.15) is 25.0 Å². The molecule has 0 radical (unpaired) electrons. The van der Waals surface area contributed by atoms with E-state index >= 15 is 0 Å². The third kappa shape index (κ3) is 4.73. The number of carbonyl (C=O) groups excluding carboxylic acids is 1. The van der Waals surface area contributed by atoms with Crippen LogP contribution < -0.4 is 4.72 Å². The largest absolute Gasteiger partial charge is 0.402 e. The number of nitrogens with zero attached hydrogens (tertiary/aromatic N) is 2. The molecule has 1 N–H and O–H groups in total. The van der Waals surface area contributed by atoms with Gasteiger partial charge in [-0.05, 0) is 49.8 Å². The average molecular weight is 415 g/mol. The molecule has 0 fully saturated rings. The quantitative estimate of drug-likeness (QED) is 0.334. The van der Waals surface area contributed by atoms with E-state index in [-0.39, 0.29) is 28.2 Å². The first-order valence-corrected chi connectivity index (χ1v) is 10.0. The van der Waals surface area contributed by atoms with Gasteiger partial charge in [-0.25, -0.2) is 22.9 Å². The fourth-order valence-corrected chi connectivity index (χ4v) is 3.82. The number of nitro groups is 1. The zero-order valence-corrected chi connectivity index (χ0v) is 16.3. The first-order valence-electron chi connectivity index (χ1n) is 8.55. The molecule has 29 heavy (non-hydrogen) atoms. The van der Waals surface area contributed by atoms with Crippen molar-refractivity contribution in [3.05, 3.63) is 75.5 Å². The molecular formula is C19H17N3O6S. The SMILES string of the molecule is CC(C)NS(=O)(=O)c1ccc(C2=N/C(=C\c3cccc([N+](=O)[O-])c3)C(=O)O2)cc1. The first-order chi connectivity index (χ1) is 13.7. The minimum absolute atomic E-state index is 0.0151. The predicted octanol–water partition coefficient (Wildman–Crippen LogP) is 2.63. The number of non-ortho nitro benzene ring substituents is 1. The van der Waals surface area contributed by atoms with Crippen molar-refractivity contribution < 1.29 is 22.9 Å². The van der Waals surface area contributed by atoms with E-state index < -0.39 is 20.9 Å². The van der Waals surface area contributed by atoms with Gasteiger partial charge in [-0.2, -0.15) is 0 Å². The molecule has 1 aliphatic rings. The maximum Gasteiger partial charge on any atom is 0.363 e. The summed E-state index contributed by atoms with van der Waals surface area (Å²) < 4.78 is 32.0. The summed E-state index contributed by atoms with van der Waals surface area (Å²) in [6.07, 6.45) is 1.38. The van der Waals surface area contributed by atoms with Gasteiger partial charge in [0.25, 0.3) is 5.69 Å². The van der Waals surface area contributed by atoms with E-state index in [9.17, 15) is 23.3 Å². The highest BCUT2D eigenvalue weighted by Crippen LogP contribution is 2.22. The number of aliphatic imine (C=N–C) groups is 1. The van der Waals surface area contributed by atoms with Gasteiger partial charge in [0, 0.05) is 23.7 Å². The number of hydrogen-bond donors (Lipinski definition) is 1. The molecule has 0 unspecified atom stereocenters. The van der Waals surface area contributed by atoms with Crippen molar-refractivity contribution in [1.29, 1.82) is 0 Å². The Balaban J connectivity index is 1.86. The maximum atomic E-state index is 12.2. The summed E-state index contributed by atoms with van der Waals surface area (Å²) in [6, 6.07) is 11.2. The molecule has 9 nitrogen and oxygen atoms in total. The molecule has 0 bridgehead atoms. The Kier molecular flexibility index (Phi) is 5.57. The van der Waals surface area contributed by atoms with Crippen LogP contribution in [0, 0.1) is 10.1 Å². The Morgan fingerprint density at radius 2 is 1.86 bits per heavy atom. The van der Waals surface area contributed by atoms with Crippen molar-refractivity contribution in [1.82, 2.24) is 4.72 Å². The highest BCUT2D eigenvalue weighted by Gasteiger charge is 2.25. The molecule has 2 aromatic rings. The van der Waals surface area contributed by atoms with E-state index in [4.69, 9.17) is 4.74 Å². The molecule has 150 valence electrons. The van der Waals surface area contributed by atoms with Crippen LogP contribution in [0.25, 0.3) is 6.08 Å². The van der Waals surface area contributed by atoms with E-state index in [0.29, 0.717) is 11.1 Å². The van der Waals surface area contributed by atoms with Gasteiger partial charge in [0.2, 0.25) is 15.9 Å². The summed E-state index contributed by atoms with van der Waals surface area (Å²) in [7, 11) is -3.64. The Bertz CT molecular complexity index is 1130. The second-order valence-corrected chi connectivity index (χ2v) is 8.20. The summed E-state index contributed by atoms with van der Waals surface area (Å²) in [6.45, 7) is 3.43. The van der Waals surface area contributed by atoms with E-state index in [0.717, 1.165) is 0 Å². The Morgan fingerprint density at radius 3 is 2.48 bits per heavy atom. The normalized spacial score (nSPS) is 15.5. The monoisotopic (exact) mass is 415 g/mol. The van der Waals surface area contributed by atoms with Crippen molar-refractivity contribution in [2.45, 2.75) is 24.8 Å². The second kappa shape index (κ2) is 7.94. The number of carbonyl (C=O) groups is 1. The summed E-state index contributed by atoms with van der Waals surface area (Å²) in [5.74, 6) is -0.683. The maximum absolute atomic E-state index is 12.2. The van der Waals surface area contributed by atoms with Crippen LogP contribution in [0.15, 0.2) is 64.1 Å². The zero-order valence-electron chi connectivity index (χ0n) is 15.5. The van der Waals surface area contributed by atoms with Gasteiger partial charge in [-0.15, -0.1) is 0 Å². The van der Waals surface area contributed by atoms with Gasteiger partial charge < -0.3 is 4.74 Å². The van der Waals surface area contributed by atoms with Crippen LogP contribution in [0.4, 0.5) is 5.69 Å². The van der Waals surface area contributed by atoms with E-state index in [1.54, 1.807) is 19.9 Å². The predicted molar refractivity (Wildman–Crippen MR) is 106 cm³/mol. The summed E-state index contributed by atoms with van der Waals surface area (Å²) in [5, 5.41) is 10.9. The van der Waals surface area contributed by atoms with Crippen LogP contribution in [-0.2, 0) is 19.6 Å². The molecule has 0 amide bonds. The van der Waals surface area contributed by atoms with Crippen LogP contribution in [0.2, 0.25) is 0 Å². The Hall–Kier alpha value is -3.37. The van der Waals surface area contributed by atoms with Crippen molar-refractivity contribution in [2.24, 2.45) is 4.99 Å². The lowest BCUT2D eigenvalue weighted by Gasteiger charge is -2.09. The molecular weight excluding hydrogens is 398 g/mol. The van der Waals surface area contributed by atoms with Crippen LogP contribution >= 0.6 is 0 Å². The van der Waals surface area contributed by atoms with Gasteiger partial charge in [0.15, 0.2) is 5.70 Å². The molecule has 0 spiro atoms. The van der Waals surface area contributed by atoms with Crippen molar-refractivity contribution >= 4 is 33.7 Å². The highest BCUT2D eigenvalue weighted by molar-refractivity contribution is 7.89. The lowest BCUT2D eigenvalue weighted by Crippen LogP contribution is -2.30. The molecule has 0 aliphatic carbocycles. The second-order valence-electron chi connectivity index (χ2n) is 6.49. The third-order valence-electron chi connectivity index (χ3n) is 3.81.